The van der Waals surface area contributed by atoms with Gasteiger partial charge < -0.3 is 95.5 Å². The van der Waals surface area contributed by atoms with Crippen LogP contribution in [0.3, 0.4) is 0 Å². The standard InChI is InChI=1S/C57H111N17O12/c1-30(2)20-40(26-61-52(81)68-39(16)48(77)72-43(23-33(7)8)49(78)67-38(15)47(76)71-42(46(58)75)22-32(5)6)69-53(82)59-24-36(13)65-50(79)63-28-44(34(9)10)73-55(84)62-27-41(21-31(3)4)70-54(83)60-25-37(14)66-51(80)64-29-45(35(11)12)74-56(85)86-57(17,18)19/h30-45H,20-29H2,1-19H3,(H2,58,75)(H,67,78)(H,71,76)(H,72,77)(H,74,85)(H2,59,69,82)(H2,60,70,83)(H2,61,68,81)(H2,62,73,84)(H2,63,65,79)(H2,64,66,80)/t36-,37-,38-,39-,40-,41-,42-,43-,44+,45+/m0/s1. The molecule has 0 rings (SSSR count). The highest BCUT2D eigenvalue weighted by Crippen LogP contribution is 2.11. The van der Waals surface area contributed by atoms with Crippen LogP contribution in [0.15, 0.2) is 0 Å². The van der Waals surface area contributed by atoms with Crippen molar-refractivity contribution in [2.45, 2.75) is 223 Å². The highest BCUT2D eigenvalue weighted by atomic mass is 16.6. The van der Waals surface area contributed by atoms with E-state index in [1.807, 2.05) is 83.1 Å². The Hall–Kier alpha value is -7.23. The third-order valence-corrected chi connectivity index (χ3v) is 12.9. The molecular weight excluding hydrogens is 1110 g/mol. The van der Waals surface area contributed by atoms with Gasteiger partial charge in [0.05, 0.1) is 12.1 Å². The fourth-order valence-corrected chi connectivity index (χ4v) is 8.27. The van der Waals surface area contributed by atoms with Gasteiger partial charge in [0.15, 0.2) is 0 Å². The molecule has 0 aromatic heterocycles. The lowest BCUT2D eigenvalue weighted by molar-refractivity contribution is -0.133. The van der Waals surface area contributed by atoms with Gasteiger partial charge in [-0.05, 0) is 110 Å². The first-order valence-corrected chi connectivity index (χ1v) is 30.2. The van der Waals surface area contributed by atoms with E-state index < -0.39 is 126 Å². The zero-order valence-corrected chi connectivity index (χ0v) is 54.8. The summed E-state index contributed by atoms with van der Waals surface area (Å²) in [6.07, 6.45) is 0.964. The second-order valence-electron chi connectivity index (χ2n) is 25.7. The summed E-state index contributed by atoms with van der Waals surface area (Å²) in [7, 11) is 0. The molecule has 0 unspecified atom stereocenters. The minimum atomic E-state index is -1.10. The summed E-state index contributed by atoms with van der Waals surface area (Å²) in [5, 5.41) is 43.7. The lowest BCUT2D eigenvalue weighted by Gasteiger charge is -2.26. The van der Waals surface area contributed by atoms with Gasteiger partial charge in [-0.1, -0.05) is 83.1 Å². The number of hydrogen-bond acceptors (Lipinski definition) is 12. The van der Waals surface area contributed by atoms with Crippen molar-refractivity contribution in [2.75, 3.05) is 39.3 Å². The molecule has 0 radical (unpaired) electrons. The third-order valence-electron chi connectivity index (χ3n) is 12.9. The van der Waals surface area contributed by atoms with Crippen LogP contribution in [-0.2, 0) is 23.9 Å². The first-order chi connectivity index (χ1) is 39.8. The van der Waals surface area contributed by atoms with Crippen molar-refractivity contribution in [3.8, 4) is 0 Å². The van der Waals surface area contributed by atoms with Crippen molar-refractivity contribution in [1.29, 1.82) is 0 Å². The highest BCUT2D eigenvalue weighted by molar-refractivity contribution is 5.95. The molecule has 0 saturated heterocycles. The van der Waals surface area contributed by atoms with Gasteiger partial charge in [-0.25, -0.2) is 33.6 Å². The van der Waals surface area contributed by atoms with Gasteiger partial charge in [0.1, 0.15) is 29.8 Å². The van der Waals surface area contributed by atoms with Crippen LogP contribution in [-0.4, -0.2) is 171 Å². The minimum Gasteiger partial charge on any atom is -0.444 e. The fourth-order valence-electron chi connectivity index (χ4n) is 8.27. The number of urea groups is 6. The lowest BCUT2D eigenvalue weighted by Crippen LogP contribution is -2.58. The zero-order chi connectivity index (χ0) is 66.2. The van der Waals surface area contributed by atoms with Crippen LogP contribution in [0, 0.1) is 35.5 Å². The molecule has 17 amide bonds. The number of ether oxygens (including phenoxy) is 1. The quantitative estimate of drug-likeness (QED) is 0.0430. The number of amides is 17. The molecular formula is C57H111N17O12. The van der Waals surface area contributed by atoms with Gasteiger partial charge in [-0.15, -0.1) is 0 Å². The summed E-state index contributed by atoms with van der Waals surface area (Å²) in [6, 6.07) is -10.3. The van der Waals surface area contributed by atoms with Crippen LogP contribution in [0.1, 0.15) is 157 Å². The second-order valence-corrected chi connectivity index (χ2v) is 25.7. The monoisotopic (exact) mass is 1230 g/mol. The fraction of sp³-hybridized carbons (Fsp3) is 0.807. The maximum Gasteiger partial charge on any atom is 0.407 e. The van der Waals surface area contributed by atoms with Gasteiger partial charge in [0.2, 0.25) is 23.6 Å². The number of carbonyl (C=O) groups is 11. The molecule has 18 N–H and O–H groups in total. The van der Waals surface area contributed by atoms with Crippen molar-refractivity contribution >= 4 is 65.9 Å². The van der Waals surface area contributed by atoms with E-state index in [1.54, 1.807) is 34.6 Å². The van der Waals surface area contributed by atoms with E-state index in [2.05, 4.69) is 85.1 Å². The van der Waals surface area contributed by atoms with E-state index in [1.165, 1.54) is 13.8 Å². The number of hydrogen-bond donors (Lipinski definition) is 17. The molecule has 496 valence electrons. The van der Waals surface area contributed by atoms with E-state index in [-0.39, 0.29) is 87.2 Å². The van der Waals surface area contributed by atoms with E-state index >= 15 is 0 Å². The van der Waals surface area contributed by atoms with Crippen molar-refractivity contribution in [1.82, 2.24) is 85.1 Å². The Morgan fingerprint density at radius 2 is 0.674 bits per heavy atom. The van der Waals surface area contributed by atoms with Crippen LogP contribution in [0.25, 0.3) is 0 Å². The largest absolute Gasteiger partial charge is 0.444 e. The van der Waals surface area contributed by atoms with Crippen LogP contribution in [0.5, 0.6) is 0 Å². The molecule has 0 aliphatic heterocycles. The van der Waals surface area contributed by atoms with Crippen LogP contribution in [0.4, 0.5) is 33.6 Å². The molecule has 0 aliphatic rings. The van der Waals surface area contributed by atoms with E-state index in [4.69, 9.17) is 10.5 Å². The smallest absolute Gasteiger partial charge is 0.407 e. The summed E-state index contributed by atoms with van der Waals surface area (Å²) >= 11 is 0. The van der Waals surface area contributed by atoms with E-state index in [9.17, 15) is 52.7 Å². The summed E-state index contributed by atoms with van der Waals surface area (Å²) in [4.78, 5) is 141. The van der Waals surface area contributed by atoms with Crippen molar-refractivity contribution in [3.63, 3.8) is 0 Å². The third kappa shape index (κ3) is 37.9. The van der Waals surface area contributed by atoms with Crippen LogP contribution in [0.2, 0.25) is 0 Å². The Morgan fingerprint density at radius 1 is 0.349 bits per heavy atom. The average molecular weight is 1230 g/mol. The Kier molecular flexibility index (Phi) is 36.8. The number of alkyl carbamates (subject to hydrolysis) is 1. The number of rotatable bonds is 36. The normalized spacial score (nSPS) is 14.9. The highest BCUT2D eigenvalue weighted by Gasteiger charge is 2.30. The zero-order valence-electron chi connectivity index (χ0n) is 54.8. The molecule has 86 heavy (non-hydrogen) atoms. The van der Waals surface area contributed by atoms with Crippen molar-refractivity contribution in [3.05, 3.63) is 0 Å². The van der Waals surface area contributed by atoms with Crippen LogP contribution < -0.4 is 90.8 Å². The number of primary amides is 1. The Morgan fingerprint density at radius 3 is 1.06 bits per heavy atom. The molecule has 0 aromatic carbocycles. The van der Waals surface area contributed by atoms with Gasteiger partial charge >= 0.3 is 42.3 Å². The summed E-state index contributed by atoms with van der Waals surface area (Å²) in [5.74, 6) is -2.42. The molecule has 10 atom stereocenters. The minimum absolute atomic E-state index is 0.00154. The van der Waals surface area contributed by atoms with Gasteiger partial charge in [0, 0.05) is 63.4 Å². The molecule has 0 spiro atoms. The molecule has 29 nitrogen and oxygen atoms in total. The Balaban J connectivity index is 5.14. The first-order valence-electron chi connectivity index (χ1n) is 30.2. The first kappa shape index (κ1) is 78.8. The van der Waals surface area contributed by atoms with Gasteiger partial charge in [-0.3, -0.25) is 19.2 Å². The summed E-state index contributed by atoms with van der Waals surface area (Å²) < 4.78 is 5.33. The predicted molar refractivity (Wildman–Crippen MR) is 330 cm³/mol. The lowest BCUT2D eigenvalue weighted by atomic mass is 10.0. The SMILES string of the molecule is CC(C)C[C@@H](CNC(=O)N[C@@H](C)C(=O)N[C@@H](CC(C)C)C(=O)N[C@@H](C)C(=O)N[C@@H](CC(C)C)C(N)=O)NC(=O)NC[C@H](C)NC(=O)NC[C@@H](NC(=O)NC[C@H](CC(C)C)NC(=O)NC[C@H](C)NC(=O)NC[C@@H](NC(=O)OC(C)(C)C)C(C)C)C(C)C. The molecule has 0 aromatic rings. The molecule has 0 saturated carbocycles. The number of nitrogens with two attached hydrogens (primary N) is 1. The predicted octanol–water partition coefficient (Wildman–Crippen LogP) is 2.40. The average Bonchev–Trinajstić information content (AvgIpc) is 3.42. The Labute approximate surface area is 510 Å². The van der Waals surface area contributed by atoms with Crippen molar-refractivity contribution < 1.29 is 57.5 Å². The topological polar surface area (TPSA) is 415 Å². The molecule has 29 heteroatoms. The molecule has 0 fully saturated rings. The summed E-state index contributed by atoms with van der Waals surface area (Å²) in [6.45, 7) is 34.9. The van der Waals surface area contributed by atoms with E-state index in [0.29, 0.717) is 19.3 Å². The maximum atomic E-state index is 13.3. The maximum absolute atomic E-state index is 13.3. The van der Waals surface area contributed by atoms with Gasteiger partial charge in [-0.2, -0.15) is 0 Å². The second kappa shape index (κ2) is 40.2. The van der Waals surface area contributed by atoms with Crippen LogP contribution >= 0.6 is 0 Å². The molecule has 0 aliphatic carbocycles. The number of carbonyl (C=O) groups excluding carboxylic acids is 11. The van der Waals surface area contributed by atoms with E-state index in [0.717, 1.165) is 0 Å². The van der Waals surface area contributed by atoms with Gasteiger partial charge in [0.25, 0.3) is 0 Å². The molecule has 0 heterocycles. The molecule has 0 bridgehead atoms. The number of nitrogens with one attached hydrogen (secondary N) is 16. The Bertz CT molecular complexity index is 2160. The van der Waals surface area contributed by atoms with Crippen molar-refractivity contribution in [2.24, 2.45) is 41.2 Å². The summed E-state index contributed by atoms with van der Waals surface area (Å²) in [5.41, 5.74) is 4.79.